The molecule has 1 aromatic carbocycles. The van der Waals surface area contributed by atoms with E-state index in [9.17, 15) is 17.6 Å². The van der Waals surface area contributed by atoms with E-state index in [1.807, 2.05) is 0 Å². The van der Waals surface area contributed by atoms with Gasteiger partial charge >= 0.3 is 6.18 Å². The molecule has 1 unspecified atom stereocenters. The first-order valence-electron chi connectivity index (χ1n) is 7.53. The SMILES string of the molecule is CC1(C)CN(Cc2ccc(OCC(F)(F)F)c(F)c2)CCC1N.Cl. The van der Waals surface area contributed by atoms with Crippen LogP contribution in [0.1, 0.15) is 25.8 Å². The Morgan fingerprint density at radius 2 is 2.00 bits per heavy atom. The molecule has 1 aromatic rings. The molecule has 2 rings (SSSR count). The minimum absolute atomic E-state index is 0. The first-order chi connectivity index (χ1) is 10.6. The minimum atomic E-state index is -4.48. The molecule has 3 nitrogen and oxygen atoms in total. The Labute approximate surface area is 145 Å². The number of piperidine rings is 1. The lowest BCUT2D eigenvalue weighted by molar-refractivity contribution is -0.153. The van der Waals surface area contributed by atoms with E-state index >= 15 is 0 Å². The molecule has 0 saturated carbocycles. The quantitative estimate of drug-likeness (QED) is 0.820. The zero-order chi connectivity index (χ0) is 17.3. The average Bonchev–Trinajstić information content (AvgIpc) is 2.41. The van der Waals surface area contributed by atoms with E-state index in [2.05, 4.69) is 23.5 Å². The summed E-state index contributed by atoms with van der Waals surface area (Å²) in [4.78, 5) is 2.17. The van der Waals surface area contributed by atoms with Gasteiger partial charge in [0, 0.05) is 25.7 Å². The van der Waals surface area contributed by atoms with Gasteiger partial charge in [-0.3, -0.25) is 4.90 Å². The largest absolute Gasteiger partial charge is 0.481 e. The van der Waals surface area contributed by atoms with E-state index in [0.717, 1.165) is 19.5 Å². The van der Waals surface area contributed by atoms with Gasteiger partial charge in [0.05, 0.1) is 0 Å². The van der Waals surface area contributed by atoms with Gasteiger partial charge in [0.1, 0.15) is 0 Å². The van der Waals surface area contributed by atoms with Crippen LogP contribution in [0.15, 0.2) is 18.2 Å². The maximum atomic E-state index is 13.9. The first kappa shape index (κ1) is 21.0. The van der Waals surface area contributed by atoms with Crippen molar-refractivity contribution in [3.05, 3.63) is 29.6 Å². The second-order valence-electron chi connectivity index (χ2n) is 6.76. The van der Waals surface area contributed by atoms with Crippen molar-refractivity contribution in [2.24, 2.45) is 11.1 Å². The topological polar surface area (TPSA) is 38.5 Å². The normalized spacial score (nSPS) is 21.2. The van der Waals surface area contributed by atoms with Crippen molar-refractivity contribution in [2.75, 3.05) is 19.7 Å². The molecule has 1 atom stereocenters. The number of rotatable bonds is 4. The Morgan fingerprint density at radius 1 is 1.33 bits per heavy atom. The van der Waals surface area contributed by atoms with E-state index < -0.39 is 18.6 Å². The summed E-state index contributed by atoms with van der Waals surface area (Å²) >= 11 is 0. The Balaban J connectivity index is 0.00000288. The van der Waals surface area contributed by atoms with Crippen LogP contribution in [0.25, 0.3) is 0 Å². The lowest BCUT2D eigenvalue weighted by Gasteiger charge is -2.42. The molecule has 24 heavy (non-hydrogen) atoms. The summed E-state index contributed by atoms with van der Waals surface area (Å²) in [5.41, 5.74) is 6.77. The molecule has 0 amide bonds. The molecule has 1 heterocycles. The van der Waals surface area contributed by atoms with Gasteiger partial charge < -0.3 is 10.5 Å². The van der Waals surface area contributed by atoms with Crippen LogP contribution in [0.4, 0.5) is 17.6 Å². The van der Waals surface area contributed by atoms with E-state index in [1.54, 1.807) is 6.07 Å². The molecule has 0 bridgehead atoms. The van der Waals surface area contributed by atoms with E-state index in [4.69, 9.17) is 5.73 Å². The molecule has 0 spiro atoms. The Bertz CT molecular complexity index is 551. The number of hydrogen-bond donors (Lipinski definition) is 1. The third-order valence-corrected chi connectivity index (χ3v) is 4.19. The smallest absolute Gasteiger partial charge is 0.422 e. The van der Waals surface area contributed by atoms with Crippen LogP contribution in [-0.4, -0.2) is 36.8 Å². The monoisotopic (exact) mass is 370 g/mol. The molecule has 0 radical (unpaired) electrons. The number of halogens is 5. The van der Waals surface area contributed by atoms with Gasteiger partial charge in [0.2, 0.25) is 0 Å². The summed E-state index contributed by atoms with van der Waals surface area (Å²) in [6.07, 6.45) is -3.62. The van der Waals surface area contributed by atoms with Crippen molar-refractivity contribution < 1.29 is 22.3 Å². The maximum absolute atomic E-state index is 13.9. The summed E-state index contributed by atoms with van der Waals surface area (Å²) in [6, 6.07) is 4.20. The van der Waals surface area contributed by atoms with Gasteiger partial charge in [-0.05, 0) is 29.5 Å². The van der Waals surface area contributed by atoms with Crippen LogP contribution in [0, 0.1) is 11.2 Å². The fourth-order valence-electron chi connectivity index (χ4n) is 2.80. The minimum Gasteiger partial charge on any atom is -0.481 e. The molecular weight excluding hydrogens is 348 g/mol. The number of nitrogens with two attached hydrogens (primary N) is 1. The summed E-state index contributed by atoms with van der Waals surface area (Å²) in [5.74, 6) is -1.16. The highest BCUT2D eigenvalue weighted by molar-refractivity contribution is 5.85. The van der Waals surface area contributed by atoms with Crippen molar-refractivity contribution in [1.82, 2.24) is 4.90 Å². The Hall–Kier alpha value is -1.05. The highest BCUT2D eigenvalue weighted by Crippen LogP contribution is 2.29. The van der Waals surface area contributed by atoms with Crippen molar-refractivity contribution in [2.45, 2.75) is 39.0 Å². The van der Waals surface area contributed by atoms with Gasteiger partial charge in [-0.2, -0.15) is 13.2 Å². The van der Waals surface area contributed by atoms with E-state index in [-0.39, 0.29) is 29.6 Å². The fraction of sp³-hybridized carbons (Fsp3) is 0.625. The number of benzene rings is 1. The van der Waals surface area contributed by atoms with Gasteiger partial charge in [0.25, 0.3) is 0 Å². The Morgan fingerprint density at radius 3 is 2.54 bits per heavy atom. The Kier molecular flexibility index (Phi) is 6.90. The molecule has 1 fully saturated rings. The summed E-state index contributed by atoms with van der Waals surface area (Å²) in [7, 11) is 0. The van der Waals surface area contributed by atoms with Crippen LogP contribution in [0.5, 0.6) is 5.75 Å². The third kappa shape index (κ3) is 5.79. The number of likely N-dealkylation sites (tertiary alicyclic amines) is 1. The van der Waals surface area contributed by atoms with Gasteiger partial charge in [-0.1, -0.05) is 19.9 Å². The predicted molar refractivity (Wildman–Crippen MR) is 86.8 cm³/mol. The molecular formula is C16H23ClF4N2O. The van der Waals surface area contributed by atoms with Crippen molar-refractivity contribution in [3.63, 3.8) is 0 Å². The van der Waals surface area contributed by atoms with Crippen LogP contribution in [0.2, 0.25) is 0 Å². The van der Waals surface area contributed by atoms with Crippen molar-refractivity contribution >= 4 is 12.4 Å². The standard InChI is InChI=1S/C16H22F4N2O.ClH/c1-15(2)9-22(6-5-14(15)21)8-11-3-4-13(12(17)7-11)23-10-16(18,19)20;/h3-4,7,14H,5-6,8-10,21H2,1-2H3;1H. The molecule has 0 aliphatic carbocycles. The van der Waals surface area contributed by atoms with Crippen LogP contribution < -0.4 is 10.5 Å². The number of ether oxygens (including phenoxy) is 1. The maximum Gasteiger partial charge on any atom is 0.422 e. The van der Waals surface area contributed by atoms with Crippen LogP contribution in [0.3, 0.4) is 0 Å². The predicted octanol–water partition coefficient (Wildman–Crippen LogP) is 3.75. The number of alkyl halides is 3. The molecule has 1 aliphatic heterocycles. The summed E-state index contributed by atoms with van der Waals surface area (Å²) < 4.78 is 54.6. The molecule has 1 saturated heterocycles. The van der Waals surface area contributed by atoms with Crippen molar-refractivity contribution in [3.8, 4) is 5.75 Å². The second-order valence-corrected chi connectivity index (χ2v) is 6.76. The zero-order valence-electron chi connectivity index (χ0n) is 13.7. The van der Waals surface area contributed by atoms with Gasteiger partial charge in [-0.25, -0.2) is 4.39 Å². The molecule has 1 aliphatic rings. The molecule has 138 valence electrons. The van der Waals surface area contributed by atoms with E-state index in [0.29, 0.717) is 12.1 Å². The summed E-state index contributed by atoms with van der Waals surface area (Å²) in [6.45, 7) is 4.84. The molecule has 2 N–H and O–H groups in total. The number of nitrogens with zero attached hydrogens (tertiary/aromatic N) is 1. The number of hydrogen-bond acceptors (Lipinski definition) is 3. The highest BCUT2D eigenvalue weighted by atomic mass is 35.5. The van der Waals surface area contributed by atoms with Crippen LogP contribution >= 0.6 is 12.4 Å². The fourth-order valence-corrected chi connectivity index (χ4v) is 2.80. The van der Waals surface area contributed by atoms with Gasteiger partial charge in [-0.15, -0.1) is 12.4 Å². The lowest BCUT2D eigenvalue weighted by Crippen LogP contribution is -2.52. The van der Waals surface area contributed by atoms with Crippen molar-refractivity contribution in [1.29, 1.82) is 0 Å². The summed E-state index contributed by atoms with van der Waals surface area (Å²) in [5, 5.41) is 0. The molecule has 0 aromatic heterocycles. The highest BCUT2D eigenvalue weighted by Gasteiger charge is 2.33. The van der Waals surface area contributed by atoms with Gasteiger partial charge in [0.15, 0.2) is 18.2 Å². The first-order valence-corrected chi connectivity index (χ1v) is 7.53. The second kappa shape index (κ2) is 7.89. The molecule has 8 heteroatoms. The van der Waals surface area contributed by atoms with E-state index in [1.165, 1.54) is 12.1 Å². The average molecular weight is 371 g/mol. The zero-order valence-corrected chi connectivity index (χ0v) is 14.5. The third-order valence-electron chi connectivity index (χ3n) is 4.19. The lowest BCUT2D eigenvalue weighted by atomic mass is 9.79. The van der Waals surface area contributed by atoms with Crippen LogP contribution in [-0.2, 0) is 6.54 Å².